The zero-order chi connectivity index (χ0) is 22.9. The number of para-hydroxylation sites is 1. The average Bonchev–Trinajstić information content (AvgIpc) is 3.49. The van der Waals surface area contributed by atoms with E-state index >= 15 is 0 Å². The molecule has 0 aliphatic carbocycles. The topological polar surface area (TPSA) is 73.1 Å². The summed E-state index contributed by atoms with van der Waals surface area (Å²) in [5.74, 6) is 0.728. The Bertz CT molecular complexity index is 1460. The van der Waals surface area contributed by atoms with Gasteiger partial charge >= 0.3 is 0 Å². The van der Waals surface area contributed by atoms with Crippen molar-refractivity contribution in [3.63, 3.8) is 0 Å². The lowest BCUT2D eigenvalue weighted by atomic mass is 9.94. The number of ether oxygens (including phenoxy) is 1. The number of rotatable bonds is 6. The monoisotopic (exact) mass is 448 g/mol. The number of aromatic nitrogens is 4. The summed E-state index contributed by atoms with van der Waals surface area (Å²) in [5.41, 5.74) is 8.19. The molecule has 0 bridgehead atoms. The van der Waals surface area contributed by atoms with Crippen molar-refractivity contribution < 1.29 is 9.84 Å². The van der Waals surface area contributed by atoms with Crippen molar-refractivity contribution in [2.75, 3.05) is 13.2 Å². The van der Waals surface area contributed by atoms with Gasteiger partial charge in [-0.1, -0.05) is 24.3 Å². The Balaban J connectivity index is 1.55. The van der Waals surface area contributed by atoms with Gasteiger partial charge in [-0.25, -0.2) is 4.98 Å². The molecule has 34 heavy (non-hydrogen) atoms. The summed E-state index contributed by atoms with van der Waals surface area (Å²) >= 11 is 0. The molecule has 1 aliphatic rings. The maximum atomic E-state index is 9.01. The minimum Gasteiger partial charge on any atom is -0.491 e. The molecule has 1 aliphatic heterocycles. The van der Waals surface area contributed by atoms with Crippen LogP contribution in [0.4, 0.5) is 0 Å². The van der Waals surface area contributed by atoms with E-state index in [4.69, 9.17) is 19.9 Å². The smallest absolute Gasteiger partial charge is 0.119 e. The largest absolute Gasteiger partial charge is 0.491 e. The maximum absolute atomic E-state index is 9.01. The van der Waals surface area contributed by atoms with Gasteiger partial charge in [-0.15, -0.1) is 0 Å². The quantitative estimate of drug-likeness (QED) is 0.389. The van der Waals surface area contributed by atoms with Crippen LogP contribution in [0.3, 0.4) is 0 Å². The molecule has 0 atom stereocenters. The summed E-state index contributed by atoms with van der Waals surface area (Å²) in [6.07, 6.45) is 3.92. The number of hydrogen-bond donors (Lipinski definition) is 1. The summed E-state index contributed by atoms with van der Waals surface area (Å²) in [4.78, 5) is 9.60. The van der Waals surface area contributed by atoms with Crippen molar-refractivity contribution in [3.8, 4) is 39.5 Å². The van der Waals surface area contributed by atoms with E-state index in [2.05, 4.69) is 33.9 Å². The summed E-state index contributed by atoms with van der Waals surface area (Å²) in [5, 5.41) is 15.1. The zero-order valence-corrected chi connectivity index (χ0v) is 18.7. The van der Waals surface area contributed by atoms with Crippen LogP contribution in [-0.2, 0) is 13.0 Å². The first-order chi connectivity index (χ1) is 16.8. The Morgan fingerprint density at radius 3 is 2.62 bits per heavy atom. The molecule has 0 saturated carbocycles. The molecule has 0 radical (unpaired) electrons. The van der Waals surface area contributed by atoms with Gasteiger partial charge in [-0.2, -0.15) is 5.10 Å². The highest BCUT2D eigenvalue weighted by Crippen LogP contribution is 2.41. The fourth-order valence-electron chi connectivity index (χ4n) is 4.71. The molecule has 1 N–H and O–H groups in total. The predicted octanol–water partition coefficient (Wildman–Crippen LogP) is 5.14. The Kier molecular flexibility index (Phi) is 5.28. The second-order valence-corrected chi connectivity index (χ2v) is 8.38. The van der Waals surface area contributed by atoms with Crippen LogP contribution in [0.25, 0.3) is 44.7 Å². The number of hydrogen-bond acceptors (Lipinski definition) is 5. The van der Waals surface area contributed by atoms with E-state index in [0.717, 1.165) is 69.8 Å². The van der Waals surface area contributed by atoms with Gasteiger partial charge in [-0.05, 0) is 66.9 Å². The maximum Gasteiger partial charge on any atom is 0.119 e. The number of aliphatic hydroxyl groups is 1. The molecule has 0 unspecified atom stereocenters. The first-order valence-corrected chi connectivity index (χ1v) is 11.6. The summed E-state index contributed by atoms with van der Waals surface area (Å²) in [6, 6.07) is 24.3. The van der Waals surface area contributed by atoms with E-state index in [9.17, 15) is 0 Å². The molecule has 5 aromatic rings. The average molecular weight is 449 g/mol. The normalized spacial score (nSPS) is 12.7. The van der Waals surface area contributed by atoms with Crippen LogP contribution in [0.15, 0.2) is 79.0 Å². The summed E-state index contributed by atoms with van der Waals surface area (Å²) in [6.45, 7) is 1.20. The van der Waals surface area contributed by atoms with Gasteiger partial charge in [0, 0.05) is 34.9 Å². The highest BCUT2D eigenvalue weighted by Gasteiger charge is 2.26. The van der Waals surface area contributed by atoms with Gasteiger partial charge in [0.2, 0.25) is 0 Å². The van der Waals surface area contributed by atoms with E-state index in [0.29, 0.717) is 0 Å². The summed E-state index contributed by atoms with van der Waals surface area (Å²) in [7, 11) is 0. The van der Waals surface area contributed by atoms with Gasteiger partial charge < -0.3 is 9.84 Å². The molecule has 0 amide bonds. The second kappa shape index (κ2) is 8.72. The third kappa shape index (κ3) is 3.62. The number of fused-ring (bicyclic) bond motifs is 2. The van der Waals surface area contributed by atoms with Gasteiger partial charge in [0.05, 0.1) is 23.5 Å². The van der Waals surface area contributed by atoms with Gasteiger partial charge in [0.15, 0.2) is 0 Å². The Hall–Kier alpha value is -4.03. The number of nitrogens with zero attached hydrogens (tertiary/aromatic N) is 4. The molecule has 6 heteroatoms. The van der Waals surface area contributed by atoms with Crippen molar-refractivity contribution in [1.29, 1.82) is 0 Å². The van der Waals surface area contributed by atoms with Crippen molar-refractivity contribution in [1.82, 2.24) is 19.7 Å². The molecule has 3 aromatic heterocycles. The third-order valence-corrected chi connectivity index (χ3v) is 6.24. The van der Waals surface area contributed by atoms with Crippen LogP contribution in [0.1, 0.15) is 12.1 Å². The van der Waals surface area contributed by atoms with Crippen LogP contribution in [0, 0.1) is 0 Å². The van der Waals surface area contributed by atoms with Gasteiger partial charge in [0.25, 0.3) is 0 Å². The first-order valence-electron chi connectivity index (χ1n) is 11.6. The molecule has 6 rings (SSSR count). The Morgan fingerprint density at radius 2 is 1.79 bits per heavy atom. The number of pyridine rings is 2. The number of benzene rings is 2. The highest BCUT2D eigenvalue weighted by atomic mass is 16.5. The van der Waals surface area contributed by atoms with Gasteiger partial charge in [0.1, 0.15) is 18.1 Å². The molecule has 4 heterocycles. The predicted molar refractivity (Wildman–Crippen MR) is 133 cm³/mol. The molecule has 0 saturated heterocycles. The highest BCUT2D eigenvalue weighted by molar-refractivity contribution is 6.00. The van der Waals surface area contributed by atoms with Crippen LogP contribution >= 0.6 is 0 Å². The van der Waals surface area contributed by atoms with E-state index in [1.54, 1.807) is 0 Å². The van der Waals surface area contributed by atoms with E-state index < -0.39 is 0 Å². The third-order valence-electron chi connectivity index (χ3n) is 6.24. The van der Waals surface area contributed by atoms with E-state index in [-0.39, 0.29) is 13.2 Å². The first kappa shape index (κ1) is 20.6. The second-order valence-electron chi connectivity index (χ2n) is 8.38. The SMILES string of the molecule is OCCOc1ccc(-c2cc(-c3c(-c4ccccn4)nn4c3CCC4)c3ccccc3n2)cc1. The summed E-state index contributed by atoms with van der Waals surface area (Å²) < 4.78 is 7.67. The number of aliphatic hydroxyl groups excluding tert-OH is 1. The van der Waals surface area contributed by atoms with Crippen LogP contribution in [0.5, 0.6) is 5.75 Å². The number of aryl methyl sites for hydroxylation is 1. The minimum atomic E-state index is -0.00797. The van der Waals surface area contributed by atoms with Crippen LogP contribution < -0.4 is 4.74 Å². The Labute approximate surface area is 197 Å². The van der Waals surface area contributed by atoms with Crippen molar-refractivity contribution in [2.45, 2.75) is 19.4 Å². The molecular weight excluding hydrogens is 424 g/mol. The fourth-order valence-corrected chi connectivity index (χ4v) is 4.71. The zero-order valence-electron chi connectivity index (χ0n) is 18.7. The fraction of sp³-hybridized carbons (Fsp3) is 0.179. The van der Waals surface area contributed by atoms with Crippen molar-refractivity contribution in [2.24, 2.45) is 0 Å². The Morgan fingerprint density at radius 1 is 0.941 bits per heavy atom. The van der Waals surface area contributed by atoms with Crippen LogP contribution in [0.2, 0.25) is 0 Å². The molecule has 0 spiro atoms. The molecule has 6 nitrogen and oxygen atoms in total. The lowest BCUT2D eigenvalue weighted by molar-refractivity contribution is 0.201. The van der Waals surface area contributed by atoms with Gasteiger partial charge in [-0.3, -0.25) is 9.67 Å². The molecular formula is C28H24N4O2. The minimum absolute atomic E-state index is 0.00797. The molecule has 168 valence electrons. The molecule has 2 aromatic carbocycles. The van der Waals surface area contributed by atoms with Crippen molar-refractivity contribution in [3.05, 3.63) is 84.7 Å². The van der Waals surface area contributed by atoms with Crippen LogP contribution in [-0.4, -0.2) is 38.1 Å². The van der Waals surface area contributed by atoms with E-state index in [1.807, 2.05) is 54.7 Å². The van der Waals surface area contributed by atoms with E-state index in [1.165, 1.54) is 5.69 Å². The van der Waals surface area contributed by atoms with Crippen molar-refractivity contribution >= 4 is 10.9 Å². The lowest BCUT2D eigenvalue weighted by Gasteiger charge is -2.12. The lowest BCUT2D eigenvalue weighted by Crippen LogP contribution is -2.01. The standard InChI is InChI=1S/C28H24N4O2/c33-16-17-34-20-12-10-19(11-13-20)25-18-22(21-6-1-2-7-23(21)30-25)27-26-9-5-15-32(26)31-28(27)24-8-3-4-14-29-24/h1-4,6-8,10-14,18,33H,5,9,15-17H2. The molecule has 0 fully saturated rings.